The number of carboxylic acids is 1. The number of carbonyl (C=O) groups is 4. The number of carbonyl (C=O) groups excluding carboxylic acids is 3. The molecule has 4 saturated carbocycles. The highest BCUT2D eigenvalue weighted by Crippen LogP contribution is 2.74. The van der Waals surface area contributed by atoms with Crippen molar-refractivity contribution in [2.75, 3.05) is 23.8 Å². The van der Waals surface area contributed by atoms with Crippen LogP contribution in [-0.2, 0) is 39.5 Å². The first-order valence-corrected chi connectivity index (χ1v) is 32.6. The van der Waals surface area contributed by atoms with Crippen LogP contribution in [0.15, 0.2) is 85.2 Å². The van der Waals surface area contributed by atoms with E-state index in [0.29, 0.717) is 91.5 Å². The number of amides is 2. The third kappa shape index (κ3) is 11.7. The van der Waals surface area contributed by atoms with Gasteiger partial charge in [-0.1, -0.05) is 110 Å². The van der Waals surface area contributed by atoms with E-state index in [1.165, 1.54) is 12.1 Å². The van der Waals surface area contributed by atoms with Crippen LogP contribution in [0.4, 0.5) is 20.3 Å². The number of aromatic amines is 2. The van der Waals surface area contributed by atoms with E-state index < -0.39 is 80.6 Å². The summed E-state index contributed by atoms with van der Waals surface area (Å²) in [4.78, 5) is 82.4. The fraction of sp³-hybridized carbons (Fsp3) is 0.530. The van der Waals surface area contributed by atoms with E-state index in [1.807, 2.05) is 12.1 Å². The molecule has 0 radical (unpaired) electrons. The van der Waals surface area contributed by atoms with Crippen LogP contribution in [0.25, 0.3) is 0 Å². The number of Topliss-reactive ketones (excluding diaryl/α,β-unsaturated/α-hetero) is 1. The van der Waals surface area contributed by atoms with Crippen LogP contribution in [0, 0.1) is 51.0 Å². The number of halogens is 7. The number of carboxylic acid groups (broad SMARTS) is 1. The predicted octanol–water partition coefficient (Wildman–Crippen LogP) is 13.7. The summed E-state index contributed by atoms with van der Waals surface area (Å²) >= 11 is 25.0. The zero-order chi connectivity index (χ0) is 64.7. The quantitative estimate of drug-likeness (QED) is 0.0773. The summed E-state index contributed by atoms with van der Waals surface area (Å²) in [7, 11) is 0. The van der Waals surface area contributed by atoms with Crippen LogP contribution in [-0.4, -0.2) is 73.3 Å². The van der Waals surface area contributed by atoms with Gasteiger partial charge in [0.25, 0.3) is 0 Å². The Morgan fingerprint density at radius 1 is 0.641 bits per heavy atom. The number of hydrogen-bond donors (Lipinski definition) is 6. The van der Waals surface area contributed by atoms with Gasteiger partial charge in [-0.15, -0.1) is 22.6 Å². The first-order valence-electron chi connectivity index (χ1n) is 31.0. The topological polar surface area (TPSA) is 288 Å². The summed E-state index contributed by atoms with van der Waals surface area (Å²) in [6.45, 7) is 9.63. The molecule has 92 heavy (non-hydrogen) atoms. The number of rotatable bonds is 8. The second-order valence-corrected chi connectivity index (χ2v) is 29.5. The lowest BCUT2D eigenvalue weighted by atomic mass is 9.51. The first kappa shape index (κ1) is 67.4. The summed E-state index contributed by atoms with van der Waals surface area (Å²) < 4.78 is 52.8. The smallest absolute Gasteiger partial charge is 0.434 e. The molecule has 4 aliphatic heterocycles. The van der Waals surface area contributed by atoms with Crippen LogP contribution < -0.4 is 27.9 Å². The molecule has 1 unspecified atom stereocenters. The highest BCUT2D eigenvalue weighted by molar-refractivity contribution is 6.32. The number of H-pyrrole nitrogens is 2. The van der Waals surface area contributed by atoms with E-state index in [2.05, 4.69) is 63.7 Å². The Morgan fingerprint density at radius 2 is 1.14 bits per heavy atom. The standard InChI is InChI=1S/C33H35Cl2FN4O5.C26H26Cl2FNO3.C7H11N3O3.ClH/c1-31(2)10-12-32(13-11-31)15-19(22(41)14-17-6-8-23(44-16-17)28-39-40-30(43)45-28)25(18-4-3-5-21(34)26(18)36)33(32)20-7-9-24(35)37-27(20)38-29(33)42;1-24(2)8-10-25(11-9-24)13-16(22(31)32)20(15-4-3-5-18(28)21(15)29)26(25)17-7-6-14(27)12-19(17)30-23(26)33;8-4-1-2-5(12-3-4)6-9-10-7(11)13-6;/h3-5,7,9,17,19,23,25H,6,8,10-16H2,1-2H3,(H,40,43)(H,37,38,42);3-7,12,16,20H,8-11,13H2,1-2H3,(H,30,33)(H,31,32);4-5H,1-3,8H2,(H,10,11);1H/t17-,19-,23-,25-,33+;16-,20+,26?;4-,5+;/m011./s1. The van der Waals surface area contributed by atoms with Gasteiger partial charge in [0.1, 0.15) is 40.6 Å². The van der Waals surface area contributed by atoms with Crippen LogP contribution in [0.5, 0.6) is 0 Å². The number of ether oxygens (including phenoxy) is 2. The van der Waals surface area contributed by atoms with Gasteiger partial charge in [-0.3, -0.25) is 19.2 Å². The number of aromatic nitrogens is 5. The lowest BCUT2D eigenvalue weighted by molar-refractivity contribution is -0.142. The molecule has 4 aliphatic carbocycles. The van der Waals surface area contributed by atoms with Crippen molar-refractivity contribution in [3.05, 3.63) is 154 Å². The molecule has 4 spiro atoms. The lowest BCUT2D eigenvalue weighted by Gasteiger charge is -2.50. The first-order chi connectivity index (χ1) is 43.2. The molecular formula is C66H73Cl5F2N8O11. The predicted molar refractivity (Wildman–Crippen MR) is 341 cm³/mol. The monoisotopic (exact) mass is 1370 g/mol. The molecule has 8 aliphatic rings. The van der Waals surface area contributed by atoms with Gasteiger partial charge in [-0.05, 0) is 164 Å². The number of nitrogens with zero attached hydrogens (tertiary/aromatic N) is 3. The highest BCUT2D eigenvalue weighted by atomic mass is 35.5. The minimum absolute atomic E-state index is 0. The molecule has 14 rings (SSSR count). The van der Waals surface area contributed by atoms with Gasteiger partial charge >= 0.3 is 17.5 Å². The van der Waals surface area contributed by atoms with Gasteiger partial charge in [0.15, 0.2) is 0 Å². The second-order valence-electron chi connectivity index (χ2n) is 27.8. The van der Waals surface area contributed by atoms with E-state index >= 15 is 8.78 Å². The molecule has 0 bridgehead atoms. The van der Waals surface area contributed by atoms with Crippen molar-refractivity contribution >= 4 is 93.9 Å². The molecule has 492 valence electrons. The van der Waals surface area contributed by atoms with Crippen molar-refractivity contribution in [2.45, 2.75) is 165 Å². The highest BCUT2D eigenvalue weighted by Gasteiger charge is 2.74. The molecular weight excluding hydrogens is 1300 g/mol. The molecule has 3 aromatic heterocycles. The van der Waals surface area contributed by atoms with Crippen LogP contribution in [0.3, 0.4) is 0 Å². The molecule has 26 heteroatoms. The molecule has 3 aromatic carbocycles. The summed E-state index contributed by atoms with van der Waals surface area (Å²) in [5.74, 6) is -6.51. The number of ketones is 1. The Balaban J connectivity index is 0.000000161. The summed E-state index contributed by atoms with van der Waals surface area (Å²) in [5, 5.41) is 28.9. The van der Waals surface area contributed by atoms with Crippen molar-refractivity contribution < 1.29 is 51.4 Å². The molecule has 19 nitrogen and oxygen atoms in total. The van der Waals surface area contributed by atoms with Crippen molar-refractivity contribution in [1.82, 2.24) is 25.4 Å². The number of benzene rings is 3. The van der Waals surface area contributed by atoms with Crippen molar-refractivity contribution in [1.29, 1.82) is 0 Å². The Hall–Kier alpha value is -6.04. The molecule has 2 saturated heterocycles. The van der Waals surface area contributed by atoms with Gasteiger partial charge in [0.05, 0.1) is 40.0 Å². The maximum absolute atomic E-state index is 16.2. The second kappa shape index (κ2) is 25.6. The minimum atomic E-state index is -1.24. The molecule has 7 heterocycles. The van der Waals surface area contributed by atoms with Crippen LogP contribution in [0.1, 0.15) is 182 Å². The number of pyridine rings is 1. The third-order valence-electron chi connectivity index (χ3n) is 21.6. The number of nitrogens with two attached hydrogens (primary N) is 1. The van der Waals surface area contributed by atoms with Gasteiger partial charge in [0.2, 0.25) is 23.6 Å². The van der Waals surface area contributed by atoms with Crippen molar-refractivity contribution in [3.63, 3.8) is 0 Å². The zero-order valence-electron chi connectivity index (χ0n) is 51.1. The van der Waals surface area contributed by atoms with Gasteiger partial charge in [-0.2, -0.15) is 0 Å². The zero-order valence-corrected chi connectivity index (χ0v) is 55.0. The fourth-order valence-electron chi connectivity index (χ4n) is 17.1. The average Bonchev–Trinajstić information content (AvgIpc) is 1.51. The maximum Gasteiger partial charge on any atom is 0.434 e. The molecule has 6 fully saturated rings. The SMILES string of the molecule is CC1(C)CCC2(CC1)C[C@@H](C(=O)C[C@@H]1CC[C@@H](c3n[nH]c(=O)o3)OC1)[C@H](c1cccc(Cl)c1F)[C@]21C(=O)Nc2nc(Cl)ccc21.CC1(C)CCC2(CC1)C[C@@H](C(=O)O)[C@H](c1cccc(Cl)c1F)C21C(=O)Nc2cc(Cl)ccc21.Cl.N[C@@H]1CC[C@@H](c2n[nH]c(=O)o2)OC1. The molecule has 7 N–H and O–H groups in total. The Kier molecular flexibility index (Phi) is 18.7. The number of hydrogen-bond acceptors (Lipinski definition) is 14. The summed E-state index contributed by atoms with van der Waals surface area (Å²) in [5.41, 5.74) is 4.53. The minimum Gasteiger partial charge on any atom is -0.481 e. The van der Waals surface area contributed by atoms with Crippen LogP contribution >= 0.6 is 58.8 Å². The van der Waals surface area contributed by atoms with Crippen molar-refractivity contribution in [3.8, 4) is 0 Å². The van der Waals surface area contributed by atoms with Crippen molar-refractivity contribution in [2.24, 2.45) is 45.1 Å². The van der Waals surface area contributed by atoms with E-state index in [9.17, 15) is 33.9 Å². The van der Waals surface area contributed by atoms with Gasteiger partial charge < -0.3 is 39.8 Å². The Morgan fingerprint density at radius 3 is 1.64 bits per heavy atom. The molecule has 10 atom stereocenters. The van der Waals surface area contributed by atoms with Gasteiger partial charge in [-0.25, -0.2) is 33.6 Å². The van der Waals surface area contributed by atoms with E-state index in [0.717, 1.165) is 38.5 Å². The third-order valence-corrected chi connectivity index (χ3v) is 22.7. The maximum atomic E-state index is 16.2. The van der Waals surface area contributed by atoms with Gasteiger partial charge in [0, 0.05) is 46.5 Å². The molecule has 6 aromatic rings. The number of fused-ring (bicyclic) bond motifs is 6. The van der Waals surface area contributed by atoms with E-state index in [1.54, 1.807) is 42.5 Å². The van der Waals surface area contributed by atoms with Crippen LogP contribution in [0.2, 0.25) is 20.2 Å². The number of anilines is 2. The normalized spacial score (nSPS) is 29.3. The average molecular weight is 1370 g/mol. The summed E-state index contributed by atoms with van der Waals surface area (Å²) in [6.07, 6.45) is 9.34. The largest absolute Gasteiger partial charge is 0.481 e. The Bertz CT molecular complexity index is 3930. The van der Waals surface area contributed by atoms with E-state index in [4.69, 9.17) is 70.4 Å². The fourth-order valence-corrected chi connectivity index (χ4v) is 17.8. The van der Waals surface area contributed by atoms with E-state index in [-0.39, 0.29) is 104 Å². The molecule has 2 amide bonds. The lowest BCUT2D eigenvalue weighted by Crippen LogP contribution is -2.52. The summed E-state index contributed by atoms with van der Waals surface area (Å²) in [6, 6.07) is 18.3. The Labute approximate surface area is 555 Å². The number of nitrogens with one attached hydrogen (secondary N) is 4. The number of aliphatic carboxylic acids is 1.